The Morgan fingerprint density at radius 3 is 1.84 bits per heavy atom. The van der Waals surface area contributed by atoms with Crippen LogP contribution in [0.3, 0.4) is 0 Å². The normalized spacial score (nSPS) is 11.0. The SMILES string of the molecule is O=C(Nc1ccccc1NC(=O)c1ccc(Cl)c([N+](=O)[O-])c1)c1ccc(C(F)(F)F)cc1. The van der Waals surface area contributed by atoms with Crippen molar-refractivity contribution in [2.75, 3.05) is 10.6 Å². The number of anilines is 2. The highest BCUT2D eigenvalue weighted by Crippen LogP contribution is 2.30. The number of nitrogens with zero attached hydrogens (tertiary/aromatic N) is 1. The van der Waals surface area contributed by atoms with Gasteiger partial charge < -0.3 is 10.6 Å². The van der Waals surface area contributed by atoms with E-state index < -0.39 is 34.2 Å². The maximum absolute atomic E-state index is 12.7. The maximum Gasteiger partial charge on any atom is 0.416 e. The predicted molar refractivity (Wildman–Crippen MR) is 112 cm³/mol. The molecule has 2 N–H and O–H groups in total. The molecule has 3 aromatic rings. The number of alkyl halides is 3. The predicted octanol–water partition coefficient (Wildman–Crippen LogP) is 5.77. The molecule has 0 aromatic heterocycles. The molecule has 32 heavy (non-hydrogen) atoms. The van der Waals surface area contributed by atoms with E-state index in [1.165, 1.54) is 24.3 Å². The maximum atomic E-state index is 12.7. The van der Waals surface area contributed by atoms with Crippen LogP contribution in [0.5, 0.6) is 0 Å². The lowest BCUT2D eigenvalue weighted by Crippen LogP contribution is -2.17. The van der Waals surface area contributed by atoms with Gasteiger partial charge in [-0.2, -0.15) is 13.2 Å². The summed E-state index contributed by atoms with van der Waals surface area (Å²) in [5.41, 5.74) is -1.04. The molecule has 0 saturated heterocycles. The fourth-order valence-electron chi connectivity index (χ4n) is 2.69. The van der Waals surface area contributed by atoms with Crippen LogP contribution in [0.15, 0.2) is 66.7 Å². The first-order valence-electron chi connectivity index (χ1n) is 8.89. The Hall–Kier alpha value is -3.92. The van der Waals surface area contributed by atoms with E-state index in [2.05, 4.69) is 10.6 Å². The smallest absolute Gasteiger partial charge is 0.320 e. The molecule has 7 nitrogen and oxygen atoms in total. The molecule has 0 heterocycles. The van der Waals surface area contributed by atoms with Gasteiger partial charge in [0, 0.05) is 17.2 Å². The Kier molecular flexibility index (Phi) is 6.45. The number of carbonyl (C=O) groups is 2. The quantitative estimate of drug-likeness (QED) is 0.370. The zero-order chi connectivity index (χ0) is 23.5. The summed E-state index contributed by atoms with van der Waals surface area (Å²) in [7, 11) is 0. The third kappa shape index (κ3) is 5.22. The highest BCUT2D eigenvalue weighted by molar-refractivity contribution is 6.32. The zero-order valence-electron chi connectivity index (χ0n) is 15.9. The average Bonchev–Trinajstić information content (AvgIpc) is 2.74. The Labute approximate surface area is 184 Å². The van der Waals surface area contributed by atoms with Crippen molar-refractivity contribution >= 4 is 40.5 Å². The van der Waals surface area contributed by atoms with Crippen molar-refractivity contribution in [2.24, 2.45) is 0 Å². The number of amides is 2. The minimum absolute atomic E-state index is 0.0209. The number of hydrogen-bond acceptors (Lipinski definition) is 4. The fraction of sp³-hybridized carbons (Fsp3) is 0.0476. The molecule has 0 radical (unpaired) electrons. The van der Waals surface area contributed by atoms with E-state index in [0.717, 1.165) is 30.3 Å². The Balaban J connectivity index is 1.79. The van der Waals surface area contributed by atoms with Crippen LogP contribution in [0.2, 0.25) is 5.02 Å². The van der Waals surface area contributed by atoms with Crippen LogP contribution in [-0.4, -0.2) is 16.7 Å². The van der Waals surface area contributed by atoms with Crippen LogP contribution < -0.4 is 10.6 Å². The Morgan fingerprint density at radius 1 is 0.844 bits per heavy atom. The van der Waals surface area contributed by atoms with Gasteiger partial charge in [0.2, 0.25) is 0 Å². The van der Waals surface area contributed by atoms with E-state index >= 15 is 0 Å². The number of nitrogens with one attached hydrogen (secondary N) is 2. The molecule has 0 atom stereocenters. The lowest BCUT2D eigenvalue weighted by atomic mass is 10.1. The average molecular weight is 464 g/mol. The second kappa shape index (κ2) is 9.06. The monoisotopic (exact) mass is 463 g/mol. The standard InChI is InChI=1S/C21H13ClF3N3O4/c22-15-10-7-13(11-18(15)28(31)32)20(30)27-17-4-2-1-3-16(17)26-19(29)12-5-8-14(9-6-12)21(23,24)25/h1-11H,(H,26,29)(H,27,30). The molecule has 0 bridgehead atoms. The summed E-state index contributed by atoms with van der Waals surface area (Å²) in [6.07, 6.45) is -4.53. The van der Waals surface area contributed by atoms with E-state index in [1.807, 2.05) is 0 Å². The molecule has 0 spiro atoms. The van der Waals surface area contributed by atoms with Crippen LogP contribution in [0.1, 0.15) is 26.3 Å². The van der Waals surface area contributed by atoms with Gasteiger partial charge in [-0.15, -0.1) is 0 Å². The number of rotatable bonds is 5. The molecular weight excluding hydrogens is 451 g/mol. The van der Waals surface area contributed by atoms with E-state index in [9.17, 15) is 32.9 Å². The molecule has 0 aliphatic carbocycles. The second-order valence-corrected chi connectivity index (χ2v) is 6.86. The van der Waals surface area contributed by atoms with Crippen LogP contribution in [0, 0.1) is 10.1 Å². The van der Waals surface area contributed by atoms with Crippen molar-refractivity contribution in [1.82, 2.24) is 0 Å². The lowest BCUT2D eigenvalue weighted by molar-refractivity contribution is -0.384. The van der Waals surface area contributed by atoms with Crippen molar-refractivity contribution in [1.29, 1.82) is 0 Å². The largest absolute Gasteiger partial charge is 0.416 e. The number of carbonyl (C=O) groups excluding carboxylic acids is 2. The van der Waals surface area contributed by atoms with Crippen molar-refractivity contribution in [3.05, 3.63) is 98.6 Å². The van der Waals surface area contributed by atoms with E-state index in [4.69, 9.17) is 11.6 Å². The molecule has 0 saturated carbocycles. The molecule has 0 aliphatic heterocycles. The molecule has 2 amide bonds. The topological polar surface area (TPSA) is 101 Å². The second-order valence-electron chi connectivity index (χ2n) is 6.45. The summed E-state index contributed by atoms with van der Waals surface area (Å²) < 4.78 is 38.1. The summed E-state index contributed by atoms with van der Waals surface area (Å²) in [6.45, 7) is 0. The van der Waals surface area contributed by atoms with Crippen molar-refractivity contribution in [3.63, 3.8) is 0 Å². The molecule has 3 aromatic carbocycles. The third-order valence-electron chi connectivity index (χ3n) is 4.30. The van der Waals surface area contributed by atoms with Crippen LogP contribution in [0.25, 0.3) is 0 Å². The molecule has 0 fully saturated rings. The minimum Gasteiger partial charge on any atom is -0.320 e. The van der Waals surface area contributed by atoms with Gasteiger partial charge in [-0.25, -0.2) is 0 Å². The number of nitro benzene ring substituents is 1. The highest BCUT2D eigenvalue weighted by atomic mass is 35.5. The molecule has 0 aliphatic rings. The number of nitro groups is 1. The van der Waals surface area contributed by atoms with Gasteiger partial charge in [-0.1, -0.05) is 23.7 Å². The van der Waals surface area contributed by atoms with Gasteiger partial charge in [-0.3, -0.25) is 19.7 Å². The van der Waals surface area contributed by atoms with Crippen LogP contribution in [-0.2, 0) is 6.18 Å². The van der Waals surface area contributed by atoms with Gasteiger partial charge >= 0.3 is 6.18 Å². The van der Waals surface area contributed by atoms with Crippen molar-refractivity contribution in [3.8, 4) is 0 Å². The Morgan fingerprint density at radius 2 is 1.34 bits per heavy atom. The van der Waals surface area contributed by atoms with Crippen LogP contribution in [0.4, 0.5) is 30.2 Å². The molecule has 0 unspecified atom stereocenters. The van der Waals surface area contributed by atoms with Crippen molar-refractivity contribution < 1.29 is 27.7 Å². The van der Waals surface area contributed by atoms with E-state index in [1.54, 1.807) is 12.1 Å². The molecule has 11 heteroatoms. The summed E-state index contributed by atoms with van der Waals surface area (Å²) in [4.78, 5) is 35.3. The minimum atomic E-state index is -4.53. The van der Waals surface area contributed by atoms with Gasteiger partial charge in [0.25, 0.3) is 17.5 Å². The number of benzene rings is 3. The van der Waals surface area contributed by atoms with Gasteiger partial charge in [0.05, 0.1) is 21.9 Å². The fourth-order valence-corrected chi connectivity index (χ4v) is 2.88. The lowest BCUT2D eigenvalue weighted by Gasteiger charge is -2.13. The third-order valence-corrected chi connectivity index (χ3v) is 4.62. The summed E-state index contributed by atoms with van der Waals surface area (Å²) in [5.74, 6) is -1.39. The van der Waals surface area contributed by atoms with Crippen molar-refractivity contribution in [2.45, 2.75) is 6.18 Å². The molecule has 164 valence electrons. The zero-order valence-corrected chi connectivity index (χ0v) is 16.7. The molecular formula is C21H13ClF3N3O4. The first-order valence-corrected chi connectivity index (χ1v) is 9.27. The van der Waals surface area contributed by atoms with Gasteiger partial charge in [0.1, 0.15) is 5.02 Å². The number of halogens is 4. The first kappa shape index (κ1) is 22.8. The summed E-state index contributed by atoms with van der Waals surface area (Å²) >= 11 is 5.75. The number of para-hydroxylation sites is 2. The van der Waals surface area contributed by atoms with E-state index in [0.29, 0.717) is 0 Å². The molecule has 3 rings (SSSR count). The Bertz CT molecular complexity index is 1200. The summed E-state index contributed by atoms with van der Waals surface area (Å²) in [6, 6.07) is 13.3. The van der Waals surface area contributed by atoms with Gasteiger partial charge in [-0.05, 0) is 48.5 Å². The van der Waals surface area contributed by atoms with Gasteiger partial charge in [0.15, 0.2) is 0 Å². The van der Waals surface area contributed by atoms with Crippen LogP contribution >= 0.6 is 11.6 Å². The summed E-state index contributed by atoms with van der Waals surface area (Å²) in [5, 5.41) is 15.9. The number of hydrogen-bond donors (Lipinski definition) is 2. The van der Waals surface area contributed by atoms with E-state index in [-0.39, 0.29) is 27.5 Å². The highest BCUT2D eigenvalue weighted by Gasteiger charge is 2.30. The first-order chi connectivity index (χ1) is 15.1.